The van der Waals surface area contributed by atoms with Crippen molar-refractivity contribution < 1.29 is 27.1 Å². The zero-order valence-electron chi connectivity index (χ0n) is 12.3. The second-order valence-corrected chi connectivity index (χ2v) is 4.90. The van der Waals surface area contributed by atoms with E-state index in [9.17, 15) is 22.4 Å². The van der Waals surface area contributed by atoms with Gasteiger partial charge < -0.3 is 4.74 Å². The average Bonchev–Trinajstić information content (AvgIpc) is 2.52. The fourth-order valence-corrected chi connectivity index (χ4v) is 2.19. The van der Waals surface area contributed by atoms with Gasteiger partial charge in [0, 0.05) is 5.57 Å². The highest BCUT2D eigenvalue weighted by Gasteiger charge is 2.42. The number of carbonyl (C=O) groups is 1. The Morgan fingerprint density at radius 1 is 1.09 bits per heavy atom. The number of hydrogen-bond donors (Lipinski definition) is 0. The molecule has 0 aliphatic carbocycles. The molecular formula is C17H14F4O2. The standard InChI is InChI=1S/C17H14F4O2/c1-2-23-16(22)17(20,21)10-14(15(18)19)13-8-7-11-5-3-4-6-12(11)9-13/h3-9H,2,10H2,1H3. The molecule has 2 rings (SSSR count). The first-order valence-corrected chi connectivity index (χ1v) is 6.93. The molecule has 0 atom stereocenters. The molecule has 23 heavy (non-hydrogen) atoms. The van der Waals surface area contributed by atoms with Crippen LogP contribution in [0.25, 0.3) is 16.3 Å². The first kappa shape index (κ1) is 17.0. The lowest BCUT2D eigenvalue weighted by Gasteiger charge is -2.16. The SMILES string of the molecule is CCOC(=O)C(F)(F)CC(=C(F)F)c1ccc2ccccc2c1. The minimum atomic E-state index is -4.01. The Hall–Kier alpha value is -2.37. The van der Waals surface area contributed by atoms with Crippen LogP contribution in [0.5, 0.6) is 0 Å². The van der Waals surface area contributed by atoms with Gasteiger partial charge in [-0.15, -0.1) is 0 Å². The Morgan fingerprint density at radius 2 is 1.74 bits per heavy atom. The van der Waals surface area contributed by atoms with Gasteiger partial charge in [-0.2, -0.15) is 17.6 Å². The van der Waals surface area contributed by atoms with Gasteiger partial charge in [0.1, 0.15) is 0 Å². The summed E-state index contributed by atoms with van der Waals surface area (Å²) in [5.41, 5.74) is -0.915. The van der Waals surface area contributed by atoms with Crippen molar-refractivity contribution in [3.8, 4) is 0 Å². The van der Waals surface area contributed by atoms with E-state index in [1.165, 1.54) is 19.1 Å². The number of alkyl halides is 2. The normalized spacial score (nSPS) is 11.3. The van der Waals surface area contributed by atoms with E-state index in [4.69, 9.17) is 0 Å². The smallest absolute Gasteiger partial charge is 0.377 e. The number of halogens is 4. The van der Waals surface area contributed by atoms with E-state index < -0.39 is 30.0 Å². The Balaban J connectivity index is 2.38. The van der Waals surface area contributed by atoms with Crippen molar-refractivity contribution in [2.24, 2.45) is 0 Å². The van der Waals surface area contributed by atoms with Crippen LogP contribution in [0.4, 0.5) is 17.6 Å². The quantitative estimate of drug-likeness (QED) is 0.568. The summed E-state index contributed by atoms with van der Waals surface area (Å²) in [7, 11) is 0. The first-order valence-electron chi connectivity index (χ1n) is 6.93. The van der Waals surface area contributed by atoms with Crippen molar-refractivity contribution in [3.63, 3.8) is 0 Å². The van der Waals surface area contributed by atoms with Crippen molar-refractivity contribution in [1.82, 2.24) is 0 Å². The molecule has 2 aromatic carbocycles. The van der Waals surface area contributed by atoms with Crippen LogP contribution in [0.15, 0.2) is 48.5 Å². The van der Waals surface area contributed by atoms with Crippen LogP contribution in [0.1, 0.15) is 18.9 Å². The molecule has 6 heteroatoms. The van der Waals surface area contributed by atoms with Crippen molar-refractivity contribution >= 4 is 22.3 Å². The summed E-state index contributed by atoms with van der Waals surface area (Å²) in [6.07, 6.45) is -3.66. The maximum atomic E-state index is 13.8. The second kappa shape index (κ2) is 6.81. The fourth-order valence-electron chi connectivity index (χ4n) is 2.19. The molecular weight excluding hydrogens is 312 g/mol. The predicted octanol–water partition coefficient (Wildman–Crippen LogP) is 5.04. The highest BCUT2D eigenvalue weighted by atomic mass is 19.3. The topological polar surface area (TPSA) is 26.3 Å². The highest BCUT2D eigenvalue weighted by Crippen LogP contribution is 2.34. The lowest BCUT2D eigenvalue weighted by atomic mass is 9.97. The number of esters is 1. The Morgan fingerprint density at radius 3 is 2.35 bits per heavy atom. The third kappa shape index (κ3) is 3.88. The van der Waals surface area contributed by atoms with Crippen molar-refractivity contribution in [2.45, 2.75) is 19.3 Å². The molecule has 0 aliphatic rings. The molecule has 2 aromatic rings. The van der Waals surface area contributed by atoms with Gasteiger partial charge >= 0.3 is 11.9 Å². The Kier molecular flexibility index (Phi) is 5.03. The molecule has 0 saturated heterocycles. The minimum absolute atomic E-state index is 0.0485. The van der Waals surface area contributed by atoms with Gasteiger partial charge in [0.15, 0.2) is 0 Å². The first-order chi connectivity index (χ1) is 10.8. The molecule has 0 heterocycles. The van der Waals surface area contributed by atoms with Crippen LogP contribution in [-0.4, -0.2) is 18.5 Å². The molecule has 0 N–H and O–H groups in total. The summed E-state index contributed by atoms with van der Waals surface area (Å²) < 4.78 is 58.1. The van der Waals surface area contributed by atoms with E-state index in [-0.39, 0.29) is 12.2 Å². The van der Waals surface area contributed by atoms with E-state index in [1.54, 1.807) is 30.3 Å². The lowest BCUT2D eigenvalue weighted by Crippen LogP contribution is -2.31. The zero-order chi connectivity index (χ0) is 17.0. The van der Waals surface area contributed by atoms with E-state index in [0.717, 1.165) is 5.39 Å². The summed E-state index contributed by atoms with van der Waals surface area (Å²) >= 11 is 0. The van der Waals surface area contributed by atoms with Gasteiger partial charge in [0.05, 0.1) is 13.0 Å². The maximum Gasteiger partial charge on any atom is 0.377 e. The maximum absolute atomic E-state index is 13.8. The monoisotopic (exact) mass is 326 g/mol. The third-order valence-corrected chi connectivity index (χ3v) is 3.30. The average molecular weight is 326 g/mol. The Labute approximate surface area is 130 Å². The van der Waals surface area contributed by atoms with Crippen LogP contribution in [0, 0.1) is 0 Å². The minimum Gasteiger partial charge on any atom is -0.462 e. The molecule has 0 unspecified atom stereocenters. The van der Waals surface area contributed by atoms with Crippen LogP contribution in [0.2, 0.25) is 0 Å². The molecule has 122 valence electrons. The number of allylic oxidation sites excluding steroid dienone is 1. The van der Waals surface area contributed by atoms with Gasteiger partial charge in [-0.05, 0) is 29.3 Å². The van der Waals surface area contributed by atoms with Crippen molar-refractivity contribution in [2.75, 3.05) is 6.61 Å². The number of hydrogen-bond acceptors (Lipinski definition) is 2. The molecule has 0 radical (unpaired) electrons. The molecule has 0 amide bonds. The number of carbonyl (C=O) groups excluding carboxylic acids is 1. The molecule has 0 aliphatic heterocycles. The zero-order valence-corrected chi connectivity index (χ0v) is 12.3. The van der Waals surface area contributed by atoms with Gasteiger partial charge in [0.2, 0.25) is 0 Å². The molecule has 2 nitrogen and oxygen atoms in total. The number of fused-ring (bicyclic) bond motifs is 1. The Bertz CT molecular complexity index is 749. The summed E-state index contributed by atoms with van der Waals surface area (Å²) in [6.45, 7) is 1.12. The molecule has 0 saturated carbocycles. The highest BCUT2D eigenvalue weighted by molar-refractivity contribution is 5.87. The third-order valence-electron chi connectivity index (χ3n) is 3.30. The van der Waals surface area contributed by atoms with Crippen molar-refractivity contribution in [1.29, 1.82) is 0 Å². The van der Waals surface area contributed by atoms with Gasteiger partial charge in [-0.25, -0.2) is 4.79 Å². The lowest BCUT2D eigenvalue weighted by molar-refractivity contribution is -0.170. The van der Waals surface area contributed by atoms with Crippen LogP contribution < -0.4 is 0 Å². The molecule has 0 fully saturated rings. The van der Waals surface area contributed by atoms with Gasteiger partial charge in [-0.3, -0.25) is 0 Å². The van der Waals surface area contributed by atoms with E-state index in [1.807, 2.05) is 0 Å². The summed E-state index contributed by atoms with van der Waals surface area (Å²) in [5.74, 6) is -5.82. The van der Waals surface area contributed by atoms with Crippen LogP contribution in [0.3, 0.4) is 0 Å². The van der Waals surface area contributed by atoms with Crippen molar-refractivity contribution in [3.05, 3.63) is 54.1 Å². The summed E-state index contributed by atoms with van der Waals surface area (Å²) in [5, 5.41) is 1.44. The van der Waals surface area contributed by atoms with Crippen LogP contribution in [-0.2, 0) is 9.53 Å². The number of ether oxygens (including phenoxy) is 1. The number of benzene rings is 2. The number of rotatable bonds is 5. The fraction of sp³-hybridized carbons (Fsp3) is 0.235. The molecule has 0 aromatic heterocycles. The largest absolute Gasteiger partial charge is 0.462 e. The van der Waals surface area contributed by atoms with Gasteiger partial charge in [-0.1, -0.05) is 36.4 Å². The molecule has 0 spiro atoms. The molecule has 0 bridgehead atoms. The van der Waals surface area contributed by atoms with E-state index in [0.29, 0.717) is 5.39 Å². The van der Waals surface area contributed by atoms with Crippen LogP contribution >= 0.6 is 0 Å². The van der Waals surface area contributed by atoms with Gasteiger partial charge in [0.25, 0.3) is 6.08 Å². The van der Waals surface area contributed by atoms with E-state index >= 15 is 0 Å². The second-order valence-electron chi connectivity index (χ2n) is 4.90. The predicted molar refractivity (Wildman–Crippen MR) is 79.3 cm³/mol. The summed E-state index contributed by atoms with van der Waals surface area (Å²) in [4.78, 5) is 11.2. The summed E-state index contributed by atoms with van der Waals surface area (Å²) in [6, 6.07) is 11.3. The van der Waals surface area contributed by atoms with E-state index in [2.05, 4.69) is 4.74 Å².